The highest BCUT2D eigenvalue weighted by atomic mass is 33.2. The lowest BCUT2D eigenvalue weighted by atomic mass is 10.5. The molecule has 0 spiro atoms. The van der Waals surface area contributed by atoms with Crippen molar-refractivity contribution in [1.82, 2.24) is 0 Å². The van der Waals surface area contributed by atoms with Crippen molar-refractivity contribution >= 4 is 40.1 Å². The number of thiol groups is 1. The zero-order chi connectivity index (χ0) is 11.4. The van der Waals surface area contributed by atoms with Gasteiger partial charge in [-0.25, -0.2) is 0 Å². The Hall–Kier alpha value is 0.690. The van der Waals surface area contributed by atoms with Crippen molar-refractivity contribution in [2.75, 3.05) is 0 Å². The minimum Gasteiger partial charge on any atom is -0.463 e. The van der Waals surface area contributed by atoms with Gasteiger partial charge in [-0.3, -0.25) is 0 Å². The quantitative estimate of drug-likeness (QED) is 0.443. The smallest absolute Gasteiger partial charge is 0.276 e. The van der Waals surface area contributed by atoms with Gasteiger partial charge in [0.05, 0.1) is 6.10 Å². The fourth-order valence-electron chi connectivity index (χ4n) is 0.701. The Morgan fingerprint density at radius 3 is 2.29 bits per heavy atom. The molecule has 0 amide bonds. The molecule has 0 aliphatic heterocycles. The molecule has 0 rings (SSSR count). The molecule has 6 heteroatoms. The summed E-state index contributed by atoms with van der Waals surface area (Å²) < 4.78 is 8.50. The normalized spacial score (nSPS) is 15.4. The molecule has 0 aromatic rings. The third-order valence-corrected chi connectivity index (χ3v) is 6.43. The second-order valence-electron chi connectivity index (χ2n) is 3.25. The molecule has 1 atom stereocenters. The van der Waals surface area contributed by atoms with Crippen LogP contribution in [0.3, 0.4) is 0 Å². The summed E-state index contributed by atoms with van der Waals surface area (Å²) >= 11 is 11.1. The minimum atomic E-state index is -2.14. The van der Waals surface area contributed by atoms with E-state index in [4.69, 9.17) is 21.1 Å². The van der Waals surface area contributed by atoms with Crippen LogP contribution in [0.4, 0.5) is 0 Å². The largest absolute Gasteiger partial charge is 0.463 e. The van der Waals surface area contributed by atoms with Crippen LogP contribution in [0.1, 0.15) is 27.7 Å². The molecule has 1 unspecified atom stereocenters. The maximum atomic E-state index is 5.40. The molecule has 0 N–H and O–H groups in total. The molecule has 0 radical (unpaired) electrons. The van der Waals surface area contributed by atoms with Crippen molar-refractivity contribution in [2.45, 2.75) is 39.0 Å². The fraction of sp³-hybridized carbons (Fsp3) is 0.750. The highest BCUT2D eigenvalue weighted by Crippen LogP contribution is 2.66. The van der Waals surface area contributed by atoms with Crippen LogP contribution in [0, 0.1) is 0 Å². The van der Waals surface area contributed by atoms with Gasteiger partial charge in [0.2, 0.25) is 4.67 Å². The van der Waals surface area contributed by atoms with E-state index in [0.29, 0.717) is 5.25 Å². The van der Waals surface area contributed by atoms with Gasteiger partial charge in [0.25, 0.3) is 5.95 Å². The molecule has 0 fully saturated rings. The minimum absolute atomic E-state index is 0.0508. The highest BCUT2D eigenvalue weighted by Gasteiger charge is 2.18. The first kappa shape index (κ1) is 14.7. The summed E-state index contributed by atoms with van der Waals surface area (Å²) in [6.45, 7) is 11.6. The van der Waals surface area contributed by atoms with E-state index >= 15 is 0 Å². The van der Waals surface area contributed by atoms with Crippen molar-refractivity contribution in [3.8, 4) is 0 Å². The van der Waals surface area contributed by atoms with Gasteiger partial charge in [0, 0.05) is 5.25 Å². The average molecular weight is 272 g/mol. The Bertz CT molecular complexity index is 241. The average Bonchev–Trinajstić information content (AvgIpc) is 1.77. The molecular weight excluding hydrogens is 255 g/mol. The first-order valence-electron chi connectivity index (χ1n) is 4.29. The Morgan fingerprint density at radius 2 is 1.93 bits per heavy atom. The molecule has 0 heterocycles. The molecule has 0 aliphatic rings. The first-order valence-corrected chi connectivity index (χ1v) is 9.65. The van der Waals surface area contributed by atoms with Crippen LogP contribution in [0.5, 0.6) is 0 Å². The Kier molecular flexibility index (Phi) is 6.62. The molecule has 14 heavy (non-hydrogen) atoms. The molecular formula is C8H17O2PS3. The van der Waals surface area contributed by atoms with Crippen molar-refractivity contribution in [1.29, 1.82) is 0 Å². The molecule has 0 saturated heterocycles. The highest BCUT2D eigenvalue weighted by molar-refractivity contribution is 8.95. The van der Waals surface area contributed by atoms with Gasteiger partial charge in [0.15, 0.2) is 0 Å². The number of hydrogen-bond acceptors (Lipinski definition) is 4. The number of rotatable bonds is 6. The van der Waals surface area contributed by atoms with E-state index in [-0.39, 0.29) is 12.0 Å². The first-order chi connectivity index (χ1) is 6.23. The Labute approximate surface area is 101 Å². The van der Waals surface area contributed by atoms with Crippen molar-refractivity contribution in [3.63, 3.8) is 0 Å². The lowest BCUT2D eigenvalue weighted by Gasteiger charge is -2.21. The van der Waals surface area contributed by atoms with E-state index in [0.717, 1.165) is 0 Å². The second-order valence-corrected chi connectivity index (χ2v) is 13.3. The van der Waals surface area contributed by atoms with Gasteiger partial charge in [-0.05, 0) is 32.2 Å². The summed E-state index contributed by atoms with van der Waals surface area (Å²) in [7, 11) is 0. The number of hydrogen-bond donors (Lipinski definition) is 1. The van der Waals surface area contributed by atoms with Crippen LogP contribution in [-0.4, -0.2) is 11.4 Å². The topological polar surface area (TPSA) is 18.5 Å². The second kappa shape index (κ2) is 6.31. The third kappa shape index (κ3) is 8.04. The molecule has 0 saturated carbocycles. The van der Waals surface area contributed by atoms with Crippen LogP contribution in [0.2, 0.25) is 0 Å². The van der Waals surface area contributed by atoms with Crippen LogP contribution in [-0.2, 0) is 21.1 Å². The monoisotopic (exact) mass is 272 g/mol. The van der Waals surface area contributed by atoms with Gasteiger partial charge >= 0.3 is 0 Å². The van der Waals surface area contributed by atoms with Crippen LogP contribution < -0.4 is 0 Å². The summed E-state index contributed by atoms with van der Waals surface area (Å²) in [6.07, 6.45) is 0.0508. The Morgan fingerprint density at radius 1 is 1.43 bits per heavy atom. The number of ether oxygens (including phenoxy) is 1. The predicted molar refractivity (Wildman–Crippen MR) is 72.4 cm³/mol. The van der Waals surface area contributed by atoms with E-state index < -0.39 is 4.67 Å². The summed E-state index contributed by atoms with van der Waals surface area (Å²) in [6, 6.07) is 0. The standard InChI is InChI=1S/C8H17O2PS3/c1-6(2)9-8(5)10-11(12,13)14-7(3)4/h6-7H,5H2,1-4H3,(H,12,13). The van der Waals surface area contributed by atoms with Crippen LogP contribution in [0.25, 0.3) is 0 Å². The lowest BCUT2D eigenvalue weighted by Crippen LogP contribution is -2.02. The van der Waals surface area contributed by atoms with Gasteiger partial charge in [-0.15, -0.1) is 0 Å². The molecule has 2 nitrogen and oxygen atoms in total. The maximum Gasteiger partial charge on any atom is 0.276 e. The Balaban J connectivity index is 4.09. The summed E-state index contributed by atoms with van der Waals surface area (Å²) in [4.78, 5) is 0. The van der Waals surface area contributed by atoms with E-state index in [1.54, 1.807) is 0 Å². The van der Waals surface area contributed by atoms with Gasteiger partial charge in [-0.2, -0.15) is 0 Å². The SMILES string of the molecule is C=C(OC(C)C)OP(=S)(S)SC(C)C. The van der Waals surface area contributed by atoms with Crippen molar-refractivity contribution in [3.05, 3.63) is 12.5 Å². The molecule has 0 aromatic heterocycles. The van der Waals surface area contributed by atoms with Gasteiger partial charge in [0.1, 0.15) is 0 Å². The summed E-state index contributed by atoms with van der Waals surface area (Å²) in [5, 5.41) is 0.394. The zero-order valence-electron chi connectivity index (χ0n) is 8.89. The molecule has 84 valence electrons. The third-order valence-electron chi connectivity index (χ3n) is 0.928. The van der Waals surface area contributed by atoms with Gasteiger partial charge in [-0.1, -0.05) is 37.5 Å². The zero-order valence-corrected chi connectivity index (χ0v) is 12.3. The van der Waals surface area contributed by atoms with Crippen LogP contribution >= 0.6 is 28.3 Å². The van der Waals surface area contributed by atoms with E-state index in [2.05, 4.69) is 32.7 Å². The molecule has 0 aromatic carbocycles. The van der Waals surface area contributed by atoms with E-state index in [9.17, 15) is 0 Å². The van der Waals surface area contributed by atoms with E-state index in [1.165, 1.54) is 11.4 Å². The van der Waals surface area contributed by atoms with Gasteiger partial charge < -0.3 is 9.26 Å². The van der Waals surface area contributed by atoms with E-state index in [1.807, 2.05) is 13.8 Å². The summed E-state index contributed by atoms with van der Waals surface area (Å²) in [5.41, 5.74) is 0. The van der Waals surface area contributed by atoms with Crippen molar-refractivity contribution in [2.24, 2.45) is 0 Å². The lowest BCUT2D eigenvalue weighted by molar-refractivity contribution is 0.0729. The molecule has 0 aliphatic carbocycles. The summed E-state index contributed by atoms with van der Waals surface area (Å²) in [5.74, 6) is 0.270. The van der Waals surface area contributed by atoms with Crippen molar-refractivity contribution < 1.29 is 9.26 Å². The predicted octanol–water partition coefficient (Wildman–Crippen LogP) is 4.20. The fourth-order valence-corrected chi connectivity index (χ4v) is 7.32. The maximum absolute atomic E-state index is 5.40. The van der Waals surface area contributed by atoms with Crippen LogP contribution in [0.15, 0.2) is 12.5 Å². The molecule has 0 bridgehead atoms.